The molecule has 0 aliphatic carbocycles. The van der Waals surface area contributed by atoms with Gasteiger partial charge in [0.2, 0.25) is 0 Å². The molecule has 0 rings (SSSR count). The molecular formula is C60H98O. The Kier molecular flexibility index (Phi) is 36.5. The summed E-state index contributed by atoms with van der Waals surface area (Å²) in [6.45, 7) is 29.6. The molecule has 0 aromatic carbocycles. The summed E-state index contributed by atoms with van der Waals surface area (Å²) in [4.78, 5) is 0. The van der Waals surface area contributed by atoms with Gasteiger partial charge in [-0.1, -0.05) is 140 Å². The van der Waals surface area contributed by atoms with Crippen LogP contribution in [0.5, 0.6) is 0 Å². The second kappa shape index (κ2) is 38.5. The van der Waals surface area contributed by atoms with E-state index in [9.17, 15) is 0 Å². The Morgan fingerprint density at radius 3 is 0.475 bits per heavy atom. The van der Waals surface area contributed by atoms with Crippen LogP contribution in [0.15, 0.2) is 140 Å². The average molecular weight is 835 g/mol. The Balaban J connectivity index is 4.28. The maximum Gasteiger partial charge on any atom is 0.0614 e. The number of aliphatic hydroxyl groups is 1. The highest BCUT2D eigenvalue weighted by molar-refractivity contribution is 5.12. The summed E-state index contributed by atoms with van der Waals surface area (Å²) in [6.07, 6.45) is 54.1. The minimum Gasteiger partial charge on any atom is -0.392 e. The van der Waals surface area contributed by atoms with Crippen molar-refractivity contribution in [1.82, 2.24) is 0 Å². The molecule has 344 valence electrons. The standard InChI is InChI=1S/C60H98O/c1-49(2)25-14-26-50(3)27-15-28-51(4)29-16-30-52(5)31-17-32-53(6)33-18-34-54(7)35-19-36-55(8)37-20-38-56(9)39-21-40-57(10)41-22-42-58(11)43-23-44-59(12)45-24-46-60(13)47-48-61/h25,27,29,31,33,35,37,39,41,43,45,47,61H,14-24,26,28,30,32,34,36,38,40,42,44,46,48H2,1-13H3/b50-27+,51-29+,52-31+,53-33+,54-35+,55-37+,56-39+,57-41+,58-43+,59-45+,60-47+. The highest BCUT2D eigenvalue weighted by atomic mass is 16.2. The van der Waals surface area contributed by atoms with E-state index < -0.39 is 0 Å². The minimum atomic E-state index is 0.149. The fraction of sp³-hybridized carbons (Fsp3) is 0.600. The molecule has 0 spiro atoms. The highest BCUT2D eigenvalue weighted by Gasteiger charge is 1.99. The van der Waals surface area contributed by atoms with E-state index in [1.54, 1.807) is 0 Å². The van der Waals surface area contributed by atoms with E-state index in [2.05, 4.69) is 157 Å². The number of aliphatic hydroxyl groups excluding tert-OH is 1. The van der Waals surface area contributed by atoms with Crippen molar-refractivity contribution in [1.29, 1.82) is 0 Å². The van der Waals surface area contributed by atoms with Gasteiger partial charge in [0.15, 0.2) is 0 Å². The van der Waals surface area contributed by atoms with Crippen LogP contribution in [0, 0.1) is 0 Å². The third-order valence-corrected chi connectivity index (χ3v) is 11.8. The summed E-state index contributed by atoms with van der Waals surface area (Å²) < 4.78 is 0. The summed E-state index contributed by atoms with van der Waals surface area (Å²) in [5.74, 6) is 0. The van der Waals surface area contributed by atoms with E-state index in [-0.39, 0.29) is 6.61 Å². The molecule has 1 nitrogen and oxygen atoms in total. The Morgan fingerprint density at radius 2 is 0.344 bits per heavy atom. The van der Waals surface area contributed by atoms with Gasteiger partial charge in [-0.05, 0) is 231 Å². The maximum atomic E-state index is 9.00. The quantitative estimate of drug-likeness (QED) is 0.0640. The Hall–Kier alpha value is -3.16. The van der Waals surface area contributed by atoms with Crippen LogP contribution in [0.3, 0.4) is 0 Å². The second-order valence-corrected chi connectivity index (χ2v) is 18.9. The van der Waals surface area contributed by atoms with E-state index in [1.165, 1.54) is 131 Å². The van der Waals surface area contributed by atoms with Gasteiger partial charge in [0.05, 0.1) is 6.61 Å². The molecule has 61 heavy (non-hydrogen) atoms. The van der Waals surface area contributed by atoms with Gasteiger partial charge in [0.1, 0.15) is 0 Å². The number of allylic oxidation sites excluding steroid dienone is 23. The fourth-order valence-corrected chi connectivity index (χ4v) is 7.33. The second-order valence-electron chi connectivity index (χ2n) is 18.9. The van der Waals surface area contributed by atoms with Crippen molar-refractivity contribution in [3.05, 3.63) is 140 Å². The smallest absolute Gasteiger partial charge is 0.0614 e. The lowest BCUT2D eigenvalue weighted by Gasteiger charge is -2.04. The molecule has 0 aromatic rings. The monoisotopic (exact) mass is 835 g/mol. The van der Waals surface area contributed by atoms with Crippen LogP contribution in [-0.4, -0.2) is 11.7 Å². The molecule has 0 unspecified atom stereocenters. The molecule has 0 aromatic heterocycles. The zero-order valence-corrected chi connectivity index (χ0v) is 42.6. The van der Waals surface area contributed by atoms with Crippen molar-refractivity contribution in [2.75, 3.05) is 6.61 Å². The first kappa shape index (κ1) is 57.8. The number of rotatable bonds is 34. The topological polar surface area (TPSA) is 20.2 Å². The normalized spacial score (nSPS) is 15.0. The summed E-state index contributed by atoms with van der Waals surface area (Å²) >= 11 is 0. The number of hydrogen-bond acceptors (Lipinski definition) is 1. The van der Waals surface area contributed by atoms with Crippen LogP contribution < -0.4 is 0 Å². The molecule has 1 N–H and O–H groups in total. The van der Waals surface area contributed by atoms with Crippen molar-refractivity contribution < 1.29 is 5.11 Å². The summed E-state index contributed by atoms with van der Waals surface area (Å²) in [5, 5.41) is 9.00. The molecule has 0 heterocycles. The predicted molar refractivity (Wildman–Crippen MR) is 279 cm³/mol. The number of hydrogen-bond donors (Lipinski definition) is 1. The van der Waals surface area contributed by atoms with Crippen LogP contribution in [0.1, 0.15) is 231 Å². The van der Waals surface area contributed by atoms with Gasteiger partial charge in [0.25, 0.3) is 0 Å². The molecule has 0 atom stereocenters. The predicted octanol–water partition coefficient (Wildman–Crippen LogP) is 19.9. The van der Waals surface area contributed by atoms with Gasteiger partial charge in [-0.25, -0.2) is 0 Å². The Bertz CT molecular complexity index is 1570. The van der Waals surface area contributed by atoms with Crippen LogP contribution in [0.25, 0.3) is 0 Å². The molecule has 0 fully saturated rings. The van der Waals surface area contributed by atoms with Crippen molar-refractivity contribution in [3.8, 4) is 0 Å². The molecule has 0 aliphatic rings. The van der Waals surface area contributed by atoms with Gasteiger partial charge in [-0.3, -0.25) is 0 Å². The third-order valence-electron chi connectivity index (χ3n) is 11.8. The Morgan fingerprint density at radius 1 is 0.213 bits per heavy atom. The fourth-order valence-electron chi connectivity index (χ4n) is 7.33. The summed E-state index contributed by atoms with van der Waals surface area (Å²) in [6, 6.07) is 0. The Labute approximate surface area is 381 Å². The first-order chi connectivity index (χ1) is 29.1. The van der Waals surface area contributed by atoms with E-state index in [4.69, 9.17) is 5.11 Å². The molecular weight excluding hydrogens is 737 g/mol. The molecule has 1 heteroatoms. The van der Waals surface area contributed by atoms with Crippen molar-refractivity contribution in [2.24, 2.45) is 0 Å². The molecule has 0 amide bonds. The minimum absolute atomic E-state index is 0.149. The molecule has 0 saturated carbocycles. The van der Waals surface area contributed by atoms with Crippen LogP contribution in [0.4, 0.5) is 0 Å². The molecule has 0 aliphatic heterocycles. The van der Waals surface area contributed by atoms with Gasteiger partial charge in [0, 0.05) is 0 Å². The summed E-state index contributed by atoms with van der Waals surface area (Å²) in [7, 11) is 0. The molecule has 0 saturated heterocycles. The molecule has 0 radical (unpaired) electrons. The largest absolute Gasteiger partial charge is 0.392 e. The van der Waals surface area contributed by atoms with E-state index >= 15 is 0 Å². The highest BCUT2D eigenvalue weighted by Crippen LogP contribution is 2.19. The zero-order valence-electron chi connectivity index (χ0n) is 42.6. The SMILES string of the molecule is CC(C)=CCC/C(C)=C/CC/C(C)=C/CC/C(C)=C/CC/C(C)=C/CC/C(C)=C/CC/C(C)=C/CC/C(C)=C/CC/C(C)=C/CC/C(C)=C/CC/C(C)=C/CC/C(C)=C/CO. The van der Waals surface area contributed by atoms with Gasteiger partial charge in [-0.15, -0.1) is 0 Å². The molecule has 0 bridgehead atoms. The zero-order chi connectivity index (χ0) is 45.7. The van der Waals surface area contributed by atoms with Crippen molar-refractivity contribution in [2.45, 2.75) is 231 Å². The van der Waals surface area contributed by atoms with E-state index in [1.807, 2.05) is 6.08 Å². The average Bonchev–Trinajstić information content (AvgIpc) is 3.18. The van der Waals surface area contributed by atoms with Gasteiger partial charge in [-0.2, -0.15) is 0 Å². The third kappa shape index (κ3) is 39.4. The van der Waals surface area contributed by atoms with E-state index in [0.717, 1.165) is 77.0 Å². The first-order valence-electron chi connectivity index (χ1n) is 24.6. The van der Waals surface area contributed by atoms with E-state index in [0.29, 0.717) is 0 Å². The van der Waals surface area contributed by atoms with Crippen LogP contribution in [-0.2, 0) is 0 Å². The van der Waals surface area contributed by atoms with Gasteiger partial charge < -0.3 is 5.11 Å². The van der Waals surface area contributed by atoms with Crippen molar-refractivity contribution in [3.63, 3.8) is 0 Å². The lowest BCUT2D eigenvalue weighted by atomic mass is 10.0. The van der Waals surface area contributed by atoms with Gasteiger partial charge >= 0.3 is 0 Å². The van der Waals surface area contributed by atoms with Crippen LogP contribution >= 0.6 is 0 Å². The first-order valence-corrected chi connectivity index (χ1v) is 24.6. The maximum absolute atomic E-state index is 9.00. The summed E-state index contributed by atoms with van der Waals surface area (Å²) in [5.41, 5.74) is 17.9. The van der Waals surface area contributed by atoms with Crippen molar-refractivity contribution >= 4 is 0 Å². The lowest BCUT2D eigenvalue weighted by Crippen LogP contribution is -1.84. The van der Waals surface area contributed by atoms with Crippen LogP contribution in [0.2, 0.25) is 0 Å². The lowest BCUT2D eigenvalue weighted by molar-refractivity contribution is 0.341.